The predicted octanol–water partition coefficient (Wildman–Crippen LogP) is 4.35. The Kier molecular flexibility index (Phi) is 6.91. The summed E-state index contributed by atoms with van der Waals surface area (Å²) in [5.74, 6) is 1.08. The molecule has 0 atom stereocenters. The van der Waals surface area contributed by atoms with Gasteiger partial charge >= 0.3 is 0 Å². The molecule has 1 amide bonds. The first kappa shape index (κ1) is 18.9. The predicted molar refractivity (Wildman–Crippen MR) is 102 cm³/mol. The minimum absolute atomic E-state index is 0.00299. The molecule has 0 heterocycles. The number of benzene rings is 2. The maximum Gasteiger partial charge on any atom is 0.237 e. The molecule has 0 aliphatic rings. The minimum atomic E-state index is -0.00299. The second kappa shape index (κ2) is 9.14. The van der Waals surface area contributed by atoms with Gasteiger partial charge in [-0.05, 0) is 49.2 Å². The molecule has 2 aromatic carbocycles. The summed E-state index contributed by atoms with van der Waals surface area (Å²) in [5, 5.41) is 8.93. The number of methoxy groups -OCH3 is 1. The molecule has 0 bridgehead atoms. The Bertz CT molecular complexity index is 784. The Morgan fingerprint density at radius 1 is 1.24 bits per heavy atom. The van der Waals surface area contributed by atoms with E-state index < -0.39 is 0 Å². The molecule has 0 saturated heterocycles. The molecule has 0 saturated carbocycles. The lowest BCUT2D eigenvalue weighted by Gasteiger charge is -2.24. The summed E-state index contributed by atoms with van der Waals surface area (Å²) in [4.78, 5) is 15.5. The minimum Gasteiger partial charge on any atom is -0.497 e. The topological polar surface area (TPSA) is 53.3 Å². The maximum absolute atomic E-state index is 12.8. The van der Waals surface area contributed by atoms with Crippen LogP contribution >= 0.6 is 11.8 Å². The molecule has 0 spiro atoms. The van der Waals surface area contributed by atoms with E-state index in [0.29, 0.717) is 18.7 Å². The van der Waals surface area contributed by atoms with Crippen LogP contribution in [0.25, 0.3) is 0 Å². The van der Waals surface area contributed by atoms with Crippen LogP contribution in [0.4, 0.5) is 5.69 Å². The van der Waals surface area contributed by atoms with E-state index in [0.717, 1.165) is 27.5 Å². The number of anilines is 1. The van der Waals surface area contributed by atoms with Crippen molar-refractivity contribution in [1.82, 2.24) is 0 Å². The third-order valence-electron chi connectivity index (χ3n) is 4.02. The van der Waals surface area contributed by atoms with Gasteiger partial charge in [-0.3, -0.25) is 4.79 Å². The number of ether oxygens (including phenoxy) is 1. The van der Waals surface area contributed by atoms with E-state index in [1.807, 2.05) is 56.3 Å². The molecule has 5 heteroatoms. The summed E-state index contributed by atoms with van der Waals surface area (Å²) in [6, 6.07) is 15.7. The third-order valence-corrected chi connectivity index (χ3v) is 5.00. The largest absolute Gasteiger partial charge is 0.497 e. The van der Waals surface area contributed by atoms with Gasteiger partial charge in [0, 0.05) is 17.1 Å². The molecule has 0 fully saturated rings. The Morgan fingerprint density at radius 3 is 2.72 bits per heavy atom. The molecule has 0 unspecified atom stereocenters. The number of amides is 1. The molecule has 0 aromatic heterocycles. The van der Waals surface area contributed by atoms with Gasteiger partial charge < -0.3 is 9.64 Å². The van der Waals surface area contributed by atoms with Crippen LogP contribution in [0.1, 0.15) is 17.5 Å². The fourth-order valence-electron chi connectivity index (χ4n) is 2.48. The van der Waals surface area contributed by atoms with Crippen LogP contribution in [0.2, 0.25) is 0 Å². The van der Waals surface area contributed by atoms with Crippen molar-refractivity contribution in [2.75, 3.05) is 24.3 Å². The highest BCUT2D eigenvalue weighted by Gasteiger charge is 2.18. The Balaban J connectivity index is 2.15. The van der Waals surface area contributed by atoms with Crippen molar-refractivity contribution >= 4 is 23.4 Å². The van der Waals surface area contributed by atoms with Gasteiger partial charge in [-0.1, -0.05) is 18.2 Å². The van der Waals surface area contributed by atoms with Crippen molar-refractivity contribution < 1.29 is 9.53 Å². The molecule has 0 N–H and O–H groups in total. The number of carbonyl (C=O) groups is 1. The fourth-order valence-corrected chi connectivity index (χ4v) is 3.30. The van der Waals surface area contributed by atoms with Gasteiger partial charge in [-0.2, -0.15) is 5.26 Å². The van der Waals surface area contributed by atoms with Crippen LogP contribution < -0.4 is 9.64 Å². The zero-order chi connectivity index (χ0) is 18.2. The lowest BCUT2D eigenvalue weighted by atomic mass is 10.1. The van der Waals surface area contributed by atoms with Crippen LogP contribution in [0, 0.1) is 25.2 Å². The number of nitriles is 1. The van der Waals surface area contributed by atoms with Crippen molar-refractivity contribution in [2.45, 2.75) is 25.2 Å². The van der Waals surface area contributed by atoms with Crippen molar-refractivity contribution in [3.8, 4) is 11.8 Å². The summed E-state index contributed by atoms with van der Waals surface area (Å²) in [6.45, 7) is 4.43. The molecule has 130 valence electrons. The van der Waals surface area contributed by atoms with E-state index in [2.05, 4.69) is 6.07 Å². The number of thioether (sulfide) groups is 1. The number of hydrogen-bond acceptors (Lipinski definition) is 4. The zero-order valence-corrected chi connectivity index (χ0v) is 15.6. The van der Waals surface area contributed by atoms with Gasteiger partial charge in [0.2, 0.25) is 5.91 Å². The molecule has 25 heavy (non-hydrogen) atoms. The number of carbonyl (C=O) groups excluding carboxylic acids is 1. The summed E-state index contributed by atoms with van der Waals surface area (Å²) in [6.07, 6.45) is 0.308. The van der Waals surface area contributed by atoms with Crippen LogP contribution in [-0.4, -0.2) is 25.3 Å². The number of rotatable bonds is 7. The first-order valence-electron chi connectivity index (χ1n) is 8.07. The lowest BCUT2D eigenvalue weighted by Crippen LogP contribution is -2.34. The van der Waals surface area contributed by atoms with Crippen LogP contribution in [-0.2, 0) is 4.79 Å². The van der Waals surface area contributed by atoms with Gasteiger partial charge in [0.05, 0.1) is 25.4 Å². The monoisotopic (exact) mass is 354 g/mol. The number of aryl methyl sites for hydroxylation is 1. The first-order chi connectivity index (χ1) is 12.1. The van der Waals surface area contributed by atoms with Gasteiger partial charge in [-0.25, -0.2) is 0 Å². The molecule has 0 radical (unpaired) electrons. The summed E-state index contributed by atoms with van der Waals surface area (Å²) in [7, 11) is 1.62. The summed E-state index contributed by atoms with van der Waals surface area (Å²) < 4.78 is 5.22. The van der Waals surface area contributed by atoms with E-state index in [9.17, 15) is 4.79 Å². The van der Waals surface area contributed by atoms with E-state index in [1.54, 1.807) is 12.0 Å². The average Bonchev–Trinajstić information content (AvgIpc) is 2.63. The summed E-state index contributed by atoms with van der Waals surface area (Å²) >= 11 is 1.47. The highest BCUT2D eigenvalue weighted by atomic mass is 32.2. The van der Waals surface area contributed by atoms with Gasteiger partial charge in [0.15, 0.2) is 0 Å². The smallest absolute Gasteiger partial charge is 0.237 e. The molecular formula is C20H22N2O2S. The SMILES string of the molecule is COc1cccc(SCC(=O)N(CCC#N)c2cccc(C)c2C)c1. The second-order valence-corrected chi connectivity index (χ2v) is 6.69. The molecule has 0 aliphatic carbocycles. The molecular weight excluding hydrogens is 332 g/mol. The maximum atomic E-state index is 12.8. The average molecular weight is 354 g/mol. The summed E-state index contributed by atoms with van der Waals surface area (Å²) in [5.41, 5.74) is 3.08. The highest BCUT2D eigenvalue weighted by Crippen LogP contribution is 2.26. The quantitative estimate of drug-likeness (QED) is 0.694. The second-order valence-electron chi connectivity index (χ2n) is 5.64. The van der Waals surface area contributed by atoms with E-state index >= 15 is 0 Å². The third kappa shape index (κ3) is 5.01. The van der Waals surface area contributed by atoms with Gasteiger partial charge in [0.25, 0.3) is 0 Å². The van der Waals surface area contributed by atoms with Crippen LogP contribution in [0.3, 0.4) is 0 Å². The van der Waals surface area contributed by atoms with Gasteiger partial charge in [-0.15, -0.1) is 11.8 Å². The van der Waals surface area contributed by atoms with Crippen molar-refractivity contribution in [1.29, 1.82) is 5.26 Å². The van der Waals surface area contributed by atoms with E-state index in [4.69, 9.17) is 10.00 Å². The first-order valence-corrected chi connectivity index (χ1v) is 9.05. The number of hydrogen-bond donors (Lipinski definition) is 0. The Labute approximate surface area is 153 Å². The normalized spacial score (nSPS) is 10.2. The molecule has 2 rings (SSSR count). The molecule has 0 aliphatic heterocycles. The molecule has 2 aromatic rings. The highest BCUT2D eigenvalue weighted by molar-refractivity contribution is 8.00. The Morgan fingerprint density at radius 2 is 2.00 bits per heavy atom. The zero-order valence-electron chi connectivity index (χ0n) is 14.8. The van der Waals surface area contributed by atoms with Crippen molar-refractivity contribution in [2.24, 2.45) is 0 Å². The number of nitrogens with zero attached hydrogens (tertiary/aromatic N) is 2. The van der Waals surface area contributed by atoms with Crippen LogP contribution in [0.15, 0.2) is 47.4 Å². The standard InChI is InChI=1S/C20H22N2O2S/c1-15-7-4-10-19(16(15)2)22(12-6-11-21)20(23)14-25-18-9-5-8-17(13-18)24-3/h4-5,7-10,13H,6,12,14H2,1-3H3. The van der Waals surface area contributed by atoms with E-state index in [1.165, 1.54) is 11.8 Å². The molecule has 4 nitrogen and oxygen atoms in total. The van der Waals surface area contributed by atoms with E-state index in [-0.39, 0.29) is 5.91 Å². The van der Waals surface area contributed by atoms with Crippen molar-refractivity contribution in [3.63, 3.8) is 0 Å². The lowest BCUT2D eigenvalue weighted by molar-refractivity contribution is -0.116. The van der Waals surface area contributed by atoms with Crippen LogP contribution in [0.5, 0.6) is 5.75 Å². The fraction of sp³-hybridized carbons (Fsp3) is 0.300. The van der Waals surface area contributed by atoms with Gasteiger partial charge in [0.1, 0.15) is 5.75 Å². The Hall–Kier alpha value is -2.45. The van der Waals surface area contributed by atoms with Crippen molar-refractivity contribution in [3.05, 3.63) is 53.6 Å².